The summed E-state index contributed by atoms with van der Waals surface area (Å²) in [6.07, 6.45) is 0. The lowest BCUT2D eigenvalue weighted by molar-refractivity contribution is 0.365. The van der Waals surface area contributed by atoms with E-state index in [1.807, 2.05) is 12.1 Å². The molecule has 0 saturated carbocycles. The van der Waals surface area contributed by atoms with Gasteiger partial charge in [0.05, 0.1) is 26.4 Å². The minimum absolute atomic E-state index is 0.185. The molecule has 0 radical (unpaired) electrons. The highest BCUT2D eigenvalue weighted by molar-refractivity contribution is 7.86. The first-order valence-corrected chi connectivity index (χ1v) is 9.64. The Balaban J connectivity index is 1.70. The summed E-state index contributed by atoms with van der Waals surface area (Å²) in [6.45, 7) is 1.99. The Labute approximate surface area is 152 Å². The molecule has 1 N–H and O–H groups in total. The zero-order chi connectivity index (χ0) is 18.1. The van der Waals surface area contributed by atoms with Crippen LogP contribution < -0.4 is 10.9 Å². The van der Waals surface area contributed by atoms with Crippen LogP contribution in [0.2, 0.25) is 0 Å². The molecule has 2 aliphatic heterocycles. The summed E-state index contributed by atoms with van der Waals surface area (Å²) >= 11 is 0. The second-order valence-corrected chi connectivity index (χ2v) is 7.39. The molecule has 0 unspecified atom stereocenters. The lowest BCUT2D eigenvalue weighted by Gasteiger charge is -2.12. The first-order valence-electron chi connectivity index (χ1n) is 8.20. The van der Waals surface area contributed by atoms with Gasteiger partial charge in [0.2, 0.25) is 0 Å². The highest BCUT2D eigenvalue weighted by Crippen LogP contribution is 2.26. The van der Waals surface area contributed by atoms with Gasteiger partial charge in [0, 0.05) is 5.56 Å². The first kappa shape index (κ1) is 17.7. The topological polar surface area (TPSA) is 91.3 Å². The van der Waals surface area contributed by atoms with Crippen LogP contribution in [0.3, 0.4) is 0 Å². The number of rotatable bonds is 4. The predicted octanol–water partition coefficient (Wildman–Crippen LogP) is 0.0843. The van der Waals surface area contributed by atoms with Crippen molar-refractivity contribution in [2.75, 3.05) is 26.4 Å². The molecule has 0 amide bonds. The van der Waals surface area contributed by atoms with Crippen molar-refractivity contribution in [3.05, 3.63) is 42.5 Å². The second kappa shape index (κ2) is 7.15. The molecule has 2 aliphatic rings. The van der Waals surface area contributed by atoms with E-state index in [-0.39, 0.29) is 4.90 Å². The van der Waals surface area contributed by atoms with Gasteiger partial charge in [-0.25, -0.2) is 0 Å². The van der Waals surface area contributed by atoms with Gasteiger partial charge in [-0.1, -0.05) is 36.4 Å². The van der Waals surface area contributed by atoms with Crippen molar-refractivity contribution < 1.29 is 31.6 Å². The number of hydrogen-bond donors (Lipinski definition) is 1. The van der Waals surface area contributed by atoms with E-state index in [1.54, 1.807) is 24.3 Å². The zero-order valence-corrected chi connectivity index (χ0v) is 14.6. The summed E-state index contributed by atoms with van der Waals surface area (Å²) in [5.74, 6) is 0. The molecule has 4 rings (SSSR count). The third-order valence-corrected chi connectivity index (χ3v) is 5.19. The first-order chi connectivity index (χ1) is 12.5. The quantitative estimate of drug-likeness (QED) is 0.599. The Morgan fingerprint density at radius 2 is 1.27 bits per heavy atom. The van der Waals surface area contributed by atoms with Crippen LogP contribution in [-0.2, 0) is 28.7 Å². The van der Waals surface area contributed by atoms with Crippen LogP contribution in [0, 0.1) is 0 Å². The van der Waals surface area contributed by atoms with Gasteiger partial charge in [-0.05, 0) is 22.6 Å². The third kappa shape index (κ3) is 3.57. The van der Waals surface area contributed by atoms with Gasteiger partial charge >= 0.3 is 14.2 Å². The highest BCUT2D eigenvalue weighted by Gasteiger charge is 2.29. The Morgan fingerprint density at radius 3 is 1.81 bits per heavy atom. The summed E-state index contributed by atoms with van der Waals surface area (Å²) in [4.78, 5) is -0.185. The maximum atomic E-state index is 11.9. The minimum Gasteiger partial charge on any atom is -0.405 e. The van der Waals surface area contributed by atoms with Gasteiger partial charge in [-0.2, -0.15) is 8.42 Å². The molecule has 134 valence electrons. The van der Waals surface area contributed by atoms with Gasteiger partial charge in [0.25, 0.3) is 10.1 Å². The summed E-state index contributed by atoms with van der Waals surface area (Å²) in [6, 6.07) is 11.9. The van der Waals surface area contributed by atoms with Gasteiger partial charge in [-0.15, -0.1) is 0 Å². The lowest BCUT2D eigenvalue weighted by atomic mass is 9.78. The van der Waals surface area contributed by atoms with E-state index in [0.29, 0.717) is 43.0 Å². The van der Waals surface area contributed by atoms with E-state index >= 15 is 0 Å². The van der Waals surface area contributed by atoms with Crippen molar-refractivity contribution in [1.29, 1.82) is 0 Å². The van der Waals surface area contributed by atoms with Gasteiger partial charge < -0.3 is 18.6 Å². The molecule has 2 heterocycles. The van der Waals surface area contributed by atoms with Gasteiger partial charge in [-0.3, -0.25) is 4.55 Å². The summed E-state index contributed by atoms with van der Waals surface area (Å²) < 4.78 is 55.2. The van der Waals surface area contributed by atoms with Gasteiger partial charge in [0.1, 0.15) is 4.90 Å². The van der Waals surface area contributed by atoms with Crippen LogP contribution in [-0.4, -0.2) is 53.6 Å². The Hall–Kier alpha value is -1.68. The molecule has 0 spiro atoms. The minimum atomic E-state index is -4.42. The third-order valence-electron chi connectivity index (χ3n) is 4.29. The Kier molecular flexibility index (Phi) is 4.87. The maximum absolute atomic E-state index is 11.9. The molecule has 10 heteroatoms. The van der Waals surface area contributed by atoms with Crippen LogP contribution >= 0.6 is 0 Å². The van der Waals surface area contributed by atoms with E-state index in [9.17, 15) is 13.0 Å². The maximum Gasteiger partial charge on any atom is 0.494 e. The molecule has 2 aromatic carbocycles. The highest BCUT2D eigenvalue weighted by atomic mass is 32.2. The summed E-state index contributed by atoms with van der Waals surface area (Å²) in [5.41, 5.74) is 2.44. The van der Waals surface area contributed by atoms with Crippen LogP contribution in [0.5, 0.6) is 0 Å². The average molecular weight is 374 g/mol. The molecule has 26 heavy (non-hydrogen) atoms. The molecular formula is C16H16B2O7S. The average Bonchev–Trinajstić information content (AvgIpc) is 3.34. The van der Waals surface area contributed by atoms with Crippen LogP contribution in [0.25, 0.3) is 11.1 Å². The smallest absolute Gasteiger partial charge is 0.405 e. The molecule has 7 nitrogen and oxygen atoms in total. The van der Waals surface area contributed by atoms with Crippen molar-refractivity contribution in [2.24, 2.45) is 0 Å². The second-order valence-electron chi connectivity index (χ2n) is 6.00. The normalized spacial score (nSPS) is 17.9. The molecule has 2 aromatic rings. The Morgan fingerprint density at radius 1 is 0.769 bits per heavy atom. The van der Waals surface area contributed by atoms with Gasteiger partial charge in [0.15, 0.2) is 0 Å². The van der Waals surface area contributed by atoms with Crippen molar-refractivity contribution in [3.63, 3.8) is 0 Å². The molecule has 0 aromatic heterocycles. The standard InChI is InChI=1S/C16H16B2O7S/c19-26(20,21)16-11-14(18-24-9-10-25-18)5-6-15(16)12-1-3-13(4-2-12)17-22-7-8-23-17/h1-6,11H,7-10H2,(H,19,20,21). The molecule has 0 bridgehead atoms. The zero-order valence-electron chi connectivity index (χ0n) is 13.8. The molecule has 2 saturated heterocycles. The largest absolute Gasteiger partial charge is 0.494 e. The van der Waals surface area contributed by atoms with Crippen molar-refractivity contribution in [1.82, 2.24) is 0 Å². The fourth-order valence-corrected chi connectivity index (χ4v) is 3.81. The van der Waals surface area contributed by atoms with Crippen molar-refractivity contribution in [3.8, 4) is 11.1 Å². The van der Waals surface area contributed by atoms with Crippen molar-refractivity contribution in [2.45, 2.75) is 4.90 Å². The number of benzene rings is 2. The van der Waals surface area contributed by atoms with Crippen molar-refractivity contribution >= 4 is 35.3 Å². The summed E-state index contributed by atoms with van der Waals surface area (Å²) in [5, 5.41) is 0. The number of hydrogen-bond acceptors (Lipinski definition) is 6. The monoisotopic (exact) mass is 374 g/mol. The fraction of sp³-hybridized carbons (Fsp3) is 0.250. The van der Waals surface area contributed by atoms with E-state index in [1.165, 1.54) is 6.07 Å². The van der Waals surface area contributed by atoms with E-state index in [2.05, 4.69) is 0 Å². The summed E-state index contributed by atoms with van der Waals surface area (Å²) in [7, 11) is -5.44. The van der Waals surface area contributed by atoms with E-state index in [0.717, 1.165) is 5.46 Å². The fourth-order valence-electron chi connectivity index (χ4n) is 3.06. The lowest BCUT2D eigenvalue weighted by Crippen LogP contribution is -2.32. The van der Waals surface area contributed by atoms with E-state index < -0.39 is 24.4 Å². The Bertz CT molecular complexity index is 889. The molecule has 0 atom stereocenters. The van der Waals surface area contributed by atoms with E-state index in [4.69, 9.17) is 18.6 Å². The predicted molar refractivity (Wildman–Crippen MR) is 96.3 cm³/mol. The molecule has 2 fully saturated rings. The molecule has 0 aliphatic carbocycles. The van der Waals surface area contributed by atoms with Crippen LogP contribution in [0.1, 0.15) is 0 Å². The van der Waals surface area contributed by atoms with Crippen LogP contribution in [0.15, 0.2) is 47.4 Å². The SMILES string of the molecule is O=S(=O)(O)c1cc(B2OCCO2)ccc1-c1ccc(B2OCCO2)cc1. The van der Waals surface area contributed by atoms with Crippen LogP contribution in [0.4, 0.5) is 0 Å². The molecular weight excluding hydrogens is 358 g/mol.